The molecule has 30 heavy (non-hydrogen) atoms. The molecule has 0 saturated carbocycles. The van der Waals surface area contributed by atoms with Gasteiger partial charge in [0.1, 0.15) is 17.4 Å². The molecule has 5 aromatic rings. The van der Waals surface area contributed by atoms with Crippen molar-refractivity contribution < 1.29 is 23.0 Å². The van der Waals surface area contributed by atoms with Gasteiger partial charge >= 0.3 is 6.16 Å². The summed E-state index contributed by atoms with van der Waals surface area (Å²) >= 11 is 0. The highest BCUT2D eigenvalue weighted by molar-refractivity contribution is 6.07. The number of benzene rings is 5. The van der Waals surface area contributed by atoms with Gasteiger partial charge in [-0.3, -0.25) is 0 Å². The molecule has 0 unspecified atom stereocenters. The minimum Gasteiger partial charge on any atom is -0.394 e. The number of carbonyl (C=O) groups is 1. The number of rotatable bonds is 2. The molecule has 0 heterocycles. The van der Waals surface area contributed by atoms with Gasteiger partial charge in [0.25, 0.3) is 0 Å². The molecule has 0 amide bonds. The molecule has 3 nitrogen and oxygen atoms in total. The van der Waals surface area contributed by atoms with Crippen LogP contribution in [0, 0.1) is 11.6 Å². The highest BCUT2D eigenvalue weighted by atomic mass is 19.1. The predicted octanol–water partition coefficient (Wildman–Crippen LogP) is 7.00. The van der Waals surface area contributed by atoms with Crippen LogP contribution >= 0.6 is 0 Å². The number of carbonyl (C=O) groups excluding carboxylic acids is 1. The van der Waals surface area contributed by atoms with Gasteiger partial charge in [0.2, 0.25) is 0 Å². The van der Waals surface area contributed by atoms with Crippen molar-refractivity contribution >= 4 is 38.5 Å². The smallest absolute Gasteiger partial charge is 0.394 e. The lowest BCUT2D eigenvalue weighted by atomic mass is 10.0. The first-order valence-electron chi connectivity index (χ1n) is 9.29. The molecule has 0 N–H and O–H groups in total. The van der Waals surface area contributed by atoms with E-state index in [9.17, 15) is 13.6 Å². The van der Waals surface area contributed by atoms with Crippen LogP contribution in [0.15, 0.2) is 84.9 Å². The van der Waals surface area contributed by atoms with E-state index in [2.05, 4.69) is 0 Å². The molecule has 5 rings (SSSR count). The summed E-state index contributed by atoms with van der Waals surface area (Å²) in [5, 5.41) is 2.62. The fraction of sp³-hybridized carbons (Fsp3) is 0. The van der Waals surface area contributed by atoms with Crippen LogP contribution in [0.1, 0.15) is 0 Å². The van der Waals surface area contributed by atoms with Crippen LogP contribution in [0.5, 0.6) is 11.5 Å². The first-order chi connectivity index (χ1) is 14.6. The second-order valence-electron chi connectivity index (χ2n) is 6.81. The van der Waals surface area contributed by atoms with Crippen molar-refractivity contribution in [2.75, 3.05) is 0 Å². The Kier molecular flexibility index (Phi) is 4.29. The molecule has 0 radical (unpaired) electrons. The van der Waals surface area contributed by atoms with Crippen molar-refractivity contribution in [2.24, 2.45) is 0 Å². The van der Waals surface area contributed by atoms with Crippen LogP contribution in [-0.2, 0) is 0 Å². The zero-order valence-electron chi connectivity index (χ0n) is 15.6. The lowest BCUT2D eigenvalue weighted by molar-refractivity contribution is 0.153. The highest BCUT2D eigenvalue weighted by Gasteiger charge is 2.20. The van der Waals surface area contributed by atoms with Crippen LogP contribution in [0.3, 0.4) is 0 Å². The minimum absolute atomic E-state index is 0.0185. The molecular weight excluding hydrogens is 386 g/mol. The maximum Gasteiger partial charge on any atom is 0.519 e. The normalized spacial score (nSPS) is 11.1. The van der Waals surface area contributed by atoms with Crippen LogP contribution in [-0.4, -0.2) is 6.16 Å². The van der Waals surface area contributed by atoms with Gasteiger partial charge < -0.3 is 9.47 Å². The summed E-state index contributed by atoms with van der Waals surface area (Å²) in [5.74, 6) is -1.15. The Morgan fingerprint density at radius 1 is 0.633 bits per heavy atom. The molecule has 0 atom stereocenters. The maximum atomic E-state index is 14.6. The summed E-state index contributed by atoms with van der Waals surface area (Å²) in [6.45, 7) is 0. The van der Waals surface area contributed by atoms with Gasteiger partial charge in [-0.15, -0.1) is 0 Å². The first kappa shape index (κ1) is 18.1. The molecule has 5 aromatic carbocycles. The monoisotopic (exact) mass is 400 g/mol. The Labute approximate surface area is 170 Å². The molecule has 0 saturated heterocycles. The third-order valence-electron chi connectivity index (χ3n) is 4.99. The minimum atomic E-state index is -1.08. The quantitative estimate of drug-likeness (QED) is 0.182. The van der Waals surface area contributed by atoms with Crippen LogP contribution in [0.4, 0.5) is 13.6 Å². The standard InChI is InChI=1S/C25H14F2O3/c26-19-11-3-8-16-14-17-9-4-12-20(27)23(17)24(22(16)19)30-25(28)29-21-13-5-7-15-6-1-2-10-18(15)21/h1-14H. The SMILES string of the molecule is O=C(Oc1cccc2ccccc12)Oc1c2c(F)cccc2cc2cccc(F)c12. The summed E-state index contributed by atoms with van der Waals surface area (Å²) in [6.07, 6.45) is -1.08. The van der Waals surface area contributed by atoms with E-state index in [0.29, 0.717) is 16.5 Å². The highest BCUT2D eigenvalue weighted by Crippen LogP contribution is 2.38. The van der Waals surface area contributed by atoms with Crippen molar-refractivity contribution in [3.8, 4) is 11.5 Å². The third-order valence-corrected chi connectivity index (χ3v) is 4.99. The van der Waals surface area contributed by atoms with Gasteiger partial charge in [-0.05, 0) is 40.4 Å². The lowest BCUT2D eigenvalue weighted by Crippen LogP contribution is -2.15. The van der Waals surface area contributed by atoms with Crippen LogP contribution in [0.2, 0.25) is 0 Å². The molecule has 146 valence electrons. The molecule has 5 heteroatoms. The number of halogens is 2. The summed E-state index contributed by atoms with van der Waals surface area (Å²) in [5.41, 5.74) is 0. The molecule has 0 aliphatic heterocycles. The second kappa shape index (κ2) is 7.12. The maximum absolute atomic E-state index is 14.6. The summed E-state index contributed by atoms with van der Waals surface area (Å²) in [6, 6.07) is 23.2. The van der Waals surface area contributed by atoms with E-state index in [4.69, 9.17) is 9.47 Å². The van der Waals surface area contributed by atoms with Crippen molar-refractivity contribution in [3.63, 3.8) is 0 Å². The zero-order chi connectivity index (χ0) is 20.7. The summed E-state index contributed by atoms with van der Waals surface area (Å²) in [7, 11) is 0. The van der Waals surface area contributed by atoms with E-state index < -0.39 is 17.8 Å². The fourth-order valence-corrected chi connectivity index (χ4v) is 3.67. The van der Waals surface area contributed by atoms with E-state index >= 15 is 0 Å². The molecule has 0 aromatic heterocycles. The Balaban J connectivity index is 1.62. The largest absolute Gasteiger partial charge is 0.519 e. The Bertz CT molecular complexity index is 1380. The average molecular weight is 400 g/mol. The van der Waals surface area contributed by atoms with Gasteiger partial charge in [0, 0.05) is 5.39 Å². The van der Waals surface area contributed by atoms with E-state index in [1.807, 2.05) is 30.3 Å². The molecular formula is C25H14F2O3. The molecule has 0 spiro atoms. The van der Waals surface area contributed by atoms with E-state index in [0.717, 1.165) is 10.8 Å². The third kappa shape index (κ3) is 3.01. The first-order valence-corrected chi connectivity index (χ1v) is 9.29. The Morgan fingerprint density at radius 3 is 1.90 bits per heavy atom. The summed E-state index contributed by atoms with van der Waals surface area (Å²) in [4.78, 5) is 12.6. The summed E-state index contributed by atoms with van der Waals surface area (Å²) < 4.78 is 40.1. The lowest BCUT2D eigenvalue weighted by Gasteiger charge is -2.13. The number of hydrogen-bond donors (Lipinski definition) is 0. The molecule has 0 fully saturated rings. The molecule has 0 aliphatic carbocycles. The van der Waals surface area contributed by atoms with Crippen LogP contribution in [0.25, 0.3) is 32.3 Å². The van der Waals surface area contributed by atoms with E-state index in [1.165, 1.54) is 12.1 Å². The Hall–Kier alpha value is -3.99. The van der Waals surface area contributed by atoms with Crippen molar-refractivity contribution in [1.82, 2.24) is 0 Å². The van der Waals surface area contributed by atoms with Crippen LogP contribution < -0.4 is 9.47 Å². The number of fused-ring (bicyclic) bond motifs is 3. The van der Waals surface area contributed by atoms with Gasteiger partial charge in [0.05, 0.1) is 10.8 Å². The van der Waals surface area contributed by atoms with E-state index in [-0.39, 0.29) is 16.5 Å². The Morgan fingerprint density at radius 2 is 1.20 bits per heavy atom. The van der Waals surface area contributed by atoms with Gasteiger partial charge in [0.15, 0.2) is 5.75 Å². The number of ether oxygens (including phenoxy) is 2. The topological polar surface area (TPSA) is 35.5 Å². The van der Waals surface area contributed by atoms with Gasteiger partial charge in [-0.2, -0.15) is 0 Å². The molecule has 0 bridgehead atoms. The van der Waals surface area contributed by atoms with Gasteiger partial charge in [-0.1, -0.05) is 60.7 Å². The molecule has 0 aliphatic rings. The van der Waals surface area contributed by atoms with Crippen molar-refractivity contribution in [2.45, 2.75) is 0 Å². The van der Waals surface area contributed by atoms with Crippen molar-refractivity contribution in [1.29, 1.82) is 0 Å². The average Bonchev–Trinajstić information content (AvgIpc) is 2.74. The van der Waals surface area contributed by atoms with Gasteiger partial charge in [-0.25, -0.2) is 13.6 Å². The van der Waals surface area contributed by atoms with E-state index in [1.54, 1.807) is 42.5 Å². The second-order valence-corrected chi connectivity index (χ2v) is 6.81. The predicted molar refractivity (Wildman–Crippen MR) is 112 cm³/mol. The number of hydrogen-bond acceptors (Lipinski definition) is 3. The zero-order valence-corrected chi connectivity index (χ0v) is 15.6. The fourth-order valence-electron chi connectivity index (χ4n) is 3.67. The van der Waals surface area contributed by atoms with Crippen molar-refractivity contribution in [3.05, 3.63) is 96.6 Å².